The van der Waals surface area contributed by atoms with Crippen LogP contribution in [0.1, 0.15) is 258 Å². The molecule has 2 atom stereocenters. The van der Waals surface area contributed by atoms with Crippen LogP contribution in [0.15, 0.2) is 24.3 Å². The summed E-state index contributed by atoms with van der Waals surface area (Å²) in [5.41, 5.74) is 5.39. The molecule has 0 aliphatic heterocycles. The van der Waals surface area contributed by atoms with Crippen molar-refractivity contribution in [3.05, 3.63) is 24.3 Å². The molecule has 0 saturated carbocycles. The molecule has 3 N–H and O–H groups in total. The van der Waals surface area contributed by atoms with Crippen LogP contribution in [0.2, 0.25) is 0 Å². The molecule has 8 nitrogen and oxygen atoms in total. The first-order valence-electron chi connectivity index (χ1n) is 25.8. The highest BCUT2D eigenvalue weighted by molar-refractivity contribution is 7.47. The van der Waals surface area contributed by atoms with Gasteiger partial charge in [0.25, 0.3) is 0 Å². The van der Waals surface area contributed by atoms with Gasteiger partial charge in [-0.3, -0.25) is 13.8 Å². The fraction of sp³-hybridized carbons (Fsp3) is 0.902. The maximum absolute atomic E-state index is 12.7. The molecule has 0 fully saturated rings. The summed E-state index contributed by atoms with van der Waals surface area (Å²) in [6.45, 7) is 4.96. The Balaban J connectivity index is 3.92. The lowest BCUT2D eigenvalue weighted by atomic mass is 10.1. The van der Waals surface area contributed by atoms with E-state index in [1.807, 2.05) is 0 Å². The minimum Gasteiger partial charge on any atom is -0.457 e. The molecule has 2 unspecified atom stereocenters. The zero-order valence-corrected chi connectivity index (χ0v) is 40.6. The summed E-state index contributed by atoms with van der Waals surface area (Å²) in [6.07, 6.45) is 56.4. The minimum atomic E-state index is -4.28. The lowest BCUT2D eigenvalue weighted by Gasteiger charge is -2.20. The van der Waals surface area contributed by atoms with E-state index in [0.717, 1.165) is 32.1 Å². The van der Waals surface area contributed by atoms with Crippen LogP contribution in [-0.2, 0) is 27.9 Å². The van der Waals surface area contributed by atoms with Gasteiger partial charge in [0.05, 0.1) is 19.8 Å². The summed E-state index contributed by atoms with van der Waals surface area (Å²) in [5, 5.41) is 0. The number of esters is 1. The van der Waals surface area contributed by atoms with Crippen molar-refractivity contribution in [1.82, 2.24) is 0 Å². The number of hydrogen-bond donors (Lipinski definition) is 2. The molecule has 0 saturated heterocycles. The first-order valence-corrected chi connectivity index (χ1v) is 27.3. The highest BCUT2D eigenvalue weighted by Crippen LogP contribution is 2.43. The number of phosphoric acid groups is 1. The standard InChI is InChI=1S/C51H100NO7P/c1-3-5-7-9-11-13-15-17-19-21-23-25-26-28-30-32-34-36-38-40-42-44-51(53)59-50(49-58-60(54,55)57-47-45-52)48-56-46-43-41-39-37-35-33-31-29-27-24-22-20-18-16-14-12-10-8-6-4-2/h18,20-21,23,50H,3-17,19,22,24-49,52H2,1-2H3,(H,54,55)/b20-18-,23-21-. The molecule has 356 valence electrons. The molecule has 60 heavy (non-hydrogen) atoms. The highest BCUT2D eigenvalue weighted by Gasteiger charge is 2.25. The Bertz CT molecular complexity index is 977. The van der Waals surface area contributed by atoms with Gasteiger partial charge in [-0.15, -0.1) is 0 Å². The molecule has 0 bridgehead atoms. The Hall–Kier alpha value is -1.02. The Kier molecular flexibility index (Phi) is 48.2. The number of hydrogen-bond acceptors (Lipinski definition) is 7. The summed E-state index contributed by atoms with van der Waals surface area (Å²) in [5.74, 6) is -0.328. The zero-order chi connectivity index (χ0) is 43.7. The second kappa shape index (κ2) is 49.0. The van der Waals surface area contributed by atoms with Gasteiger partial charge in [-0.1, -0.05) is 212 Å². The number of carbonyl (C=O) groups is 1. The maximum atomic E-state index is 12.7. The summed E-state index contributed by atoms with van der Waals surface area (Å²) in [7, 11) is -4.28. The van der Waals surface area contributed by atoms with E-state index in [0.29, 0.717) is 13.0 Å². The van der Waals surface area contributed by atoms with Crippen LogP contribution in [0, 0.1) is 0 Å². The number of rotatable bonds is 50. The van der Waals surface area contributed by atoms with Crippen LogP contribution >= 0.6 is 7.82 Å². The van der Waals surface area contributed by atoms with Crippen LogP contribution < -0.4 is 5.73 Å². The van der Waals surface area contributed by atoms with E-state index in [1.165, 1.54) is 205 Å². The van der Waals surface area contributed by atoms with Crippen molar-refractivity contribution >= 4 is 13.8 Å². The van der Waals surface area contributed by atoms with Crippen molar-refractivity contribution < 1.29 is 32.8 Å². The van der Waals surface area contributed by atoms with Crippen molar-refractivity contribution in [3.63, 3.8) is 0 Å². The number of allylic oxidation sites excluding steroid dienone is 4. The summed E-state index contributed by atoms with van der Waals surface area (Å²) >= 11 is 0. The summed E-state index contributed by atoms with van der Waals surface area (Å²) < 4.78 is 33.6. The lowest BCUT2D eigenvalue weighted by molar-refractivity contribution is -0.154. The Morgan fingerprint density at radius 1 is 0.483 bits per heavy atom. The molecule has 9 heteroatoms. The molecule has 0 heterocycles. The smallest absolute Gasteiger partial charge is 0.457 e. The third kappa shape index (κ3) is 48.0. The van der Waals surface area contributed by atoms with E-state index in [2.05, 4.69) is 38.2 Å². The molecule has 0 aromatic rings. The van der Waals surface area contributed by atoms with Gasteiger partial charge in [0.2, 0.25) is 0 Å². The quantitative estimate of drug-likeness (QED) is 0.0269. The monoisotopic (exact) mass is 870 g/mol. The number of carbonyl (C=O) groups excluding carboxylic acids is 1. The maximum Gasteiger partial charge on any atom is 0.472 e. The summed E-state index contributed by atoms with van der Waals surface area (Å²) in [6, 6.07) is 0. The van der Waals surface area contributed by atoms with E-state index >= 15 is 0 Å². The van der Waals surface area contributed by atoms with Crippen molar-refractivity contribution in [3.8, 4) is 0 Å². The normalized spacial score (nSPS) is 13.5. The van der Waals surface area contributed by atoms with Gasteiger partial charge in [0, 0.05) is 19.6 Å². The minimum absolute atomic E-state index is 0.0942. The van der Waals surface area contributed by atoms with Crippen molar-refractivity contribution in [2.24, 2.45) is 5.73 Å². The van der Waals surface area contributed by atoms with Crippen molar-refractivity contribution in [2.45, 2.75) is 264 Å². The average molecular weight is 870 g/mol. The van der Waals surface area contributed by atoms with Gasteiger partial charge in [0.1, 0.15) is 6.10 Å². The van der Waals surface area contributed by atoms with Crippen LogP contribution in [0.25, 0.3) is 0 Å². The van der Waals surface area contributed by atoms with Gasteiger partial charge in [-0.2, -0.15) is 0 Å². The molecular weight excluding hydrogens is 770 g/mol. The Morgan fingerprint density at radius 3 is 1.22 bits per heavy atom. The fourth-order valence-electron chi connectivity index (χ4n) is 7.52. The largest absolute Gasteiger partial charge is 0.472 e. The molecule has 0 aromatic carbocycles. The molecule has 0 aliphatic rings. The van der Waals surface area contributed by atoms with Crippen molar-refractivity contribution in [2.75, 3.05) is 33.0 Å². The van der Waals surface area contributed by atoms with Gasteiger partial charge < -0.3 is 20.1 Å². The second-order valence-corrected chi connectivity index (χ2v) is 18.8. The van der Waals surface area contributed by atoms with Crippen molar-refractivity contribution in [1.29, 1.82) is 0 Å². The first kappa shape index (κ1) is 59.0. The Morgan fingerprint density at radius 2 is 0.833 bits per heavy atom. The number of unbranched alkanes of at least 4 members (excludes halogenated alkanes) is 33. The molecular formula is C51H100NO7P. The van der Waals surface area contributed by atoms with Gasteiger partial charge in [0.15, 0.2) is 0 Å². The topological polar surface area (TPSA) is 117 Å². The van der Waals surface area contributed by atoms with Crippen LogP contribution in [0.3, 0.4) is 0 Å². The first-order chi connectivity index (χ1) is 29.4. The molecule has 0 rings (SSSR count). The van der Waals surface area contributed by atoms with E-state index in [9.17, 15) is 14.3 Å². The zero-order valence-electron chi connectivity index (χ0n) is 39.7. The third-order valence-electron chi connectivity index (χ3n) is 11.3. The predicted octanol–water partition coefficient (Wildman–Crippen LogP) is 16.0. The van der Waals surface area contributed by atoms with Crippen LogP contribution in [0.4, 0.5) is 0 Å². The van der Waals surface area contributed by atoms with E-state index in [4.69, 9.17) is 24.3 Å². The van der Waals surface area contributed by atoms with E-state index in [-0.39, 0.29) is 32.3 Å². The van der Waals surface area contributed by atoms with Crippen LogP contribution in [-0.4, -0.2) is 49.9 Å². The number of ether oxygens (including phenoxy) is 2. The van der Waals surface area contributed by atoms with E-state index < -0.39 is 13.9 Å². The number of phosphoric ester groups is 1. The van der Waals surface area contributed by atoms with Gasteiger partial charge in [-0.05, 0) is 64.2 Å². The summed E-state index contributed by atoms with van der Waals surface area (Å²) in [4.78, 5) is 22.6. The molecule has 0 aliphatic carbocycles. The lowest BCUT2D eigenvalue weighted by Crippen LogP contribution is -2.28. The van der Waals surface area contributed by atoms with Gasteiger partial charge in [-0.25, -0.2) is 4.57 Å². The highest BCUT2D eigenvalue weighted by atomic mass is 31.2. The Labute approximate surface area is 372 Å². The van der Waals surface area contributed by atoms with Gasteiger partial charge >= 0.3 is 13.8 Å². The molecule has 0 aromatic heterocycles. The molecule has 0 radical (unpaired) electrons. The SMILES string of the molecule is CCCCCCCC/C=C\CCCCCCCCCCCCOCC(COP(=O)(O)OCCN)OC(=O)CCCCCCCCCCC/C=C\CCCCCCCCCC. The fourth-order valence-corrected chi connectivity index (χ4v) is 8.28. The van der Waals surface area contributed by atoms with Crippen LogP contribution in [0.5, 0.6) is 0 Å². The molecule has 0 spiro atoms. The second-order valence-electron chi connectivity index (χ2n) is 17.4. The number of nitrogens with two attached hydrogens (primary N) is 1. The third-order valence-corrected chi connectivity index (χ3v) is 12.3. The predicted molar refractivity (Wildman–Crippen MR) is 257 cm³/mol. The molecule has 0 amide bonds. The average Bonchev–Trinajstić information content (AvgIpc) is 3.24. The van der Waals surface area contributed by atoms with E-state index in [1.54, 1.807) is 0 Å².